The van der Waals surface area contributed by atoms with E-state index in [9.17, 15) is 9.59 Å². The van der Waals surface area contributed by atoms with Gasteiger partial charge >= 0.3 is 6.09 Å². The number of aromatic nitrogens is 1. The number of pyridine rings is 1. The number of rotatable bonds is 6. The molecule has 6 nitrogen and oxygen atoms in total. The van der Waals surface area contributed by atoms with Crippen LogP contribution in [0.2, 0.25) is 0 Å². The number of nitrogens with zero attached hydrogens (tertiary/aromatic N) is 1. The van der Waals surface area contributed by atoms with Gasteiger partial charge in [0, 0.05) is 30.0 Å². The highest BCUT2D eigenvalue weighted by atomic mass is 16.5. The van der Waals surface area contributed by atoms with Crippen LogP contribution < -0.4 is 10.6 Å². The number of alkyl carbamates (subject to hydrolysis) is 1. The van der Waals surface area contributed by atoms with E-state index < -0.39 is 0 Å². The Labute approximate surface area is 184 Å². The lowest BCUT2D eigenvalue weighted by Crippen LogP contribution is -2.41. The van der Waals surface area contributed by atoms with E-state index in [4.69, 9.17) is 4.74 Å². The van der Waals surface area contributed by atoms with Gasteiger partial charge in [-0.25, -0.2) is 4.79 Å². The van der Waals surface area contributed by atoms with E-state index in [1.54, 1.807) is 12.4 Å². The first-order valence-corrected chi connectivity index (χ1v) is 11.0. The van der Waals surface area contributed by atoms with Crippen molar-refractivity contribution in [1.82, 2.24) is 15.6 Å². The molecule has 1 fully saturated rings. The minimum Gasteiger partial charge on any atom is -0.449 e. The third-order valence-electron chi connectivity index (χ3n) is 5.55. The third-order valence-corrected chi connectivity index (χ3v) is 5.55. The molecule has 0 unspecified atom stereocenters. The second-order valence-corrected chi connectivity index (χ2v) is 9.40. The van der Waals surface area contributed by atoms with Crippen LogP contribution in [-0.4, -0.2) is 35.7 Å². The van der Waals surface area contributed by atoms with Crippen molar-refractivity contribution >= 4 is 12.0 Å². The summed E-state index contributed by atoms with van der Waals surface area (Å²) in [6.45, 7) is 6.91. The van der Waals surface area contributed by atoms with Crippen molar-refractivity contribution in [2.75, 3.05) is 13.2 Å². The van der Waals surface area contributed by atoms with Gasteiger partial charge in [-0.3, -0.25) is 9.78 Å². The number of hydrogen-bond acceptors (Lipinski definition) is 4. The zero-order chi connectivity index (χ0) is 22.3. The molecule has 2 N–H and O–H groups in total. The largest absolute Gasteiger partial charge is 0.449 e. The fourth-order valence-corrected chi connectivity index (χ4v) is 3.83. The lowest BCUT2D eigenvalue weighted by atomic mass is 9.82. The average Bonchev–Trinajstić information content (AvgIpc) is 2.76. The summed E-state index contributed by atoms with van der Waals surface area (Å²) in [4.78, 5) is 28.7. The van der Waals surface area contributed by atoms with Crippen LogP contribution in [0.15, 0.2) is 48.8 Å². The molecule has 0 radical (unpaired) electrons. The molecule has 6 heteroatoms. The maximum atomic E-state index is 12.6. The number of benzene rings is 1. The van der Waals surface area contributed by atoms with Crippen molar-refractivity contribution in [2.24, 2.45) is 11.8 Å². The molecule has 2 aromatic rings. The van der Waals surface area contributed by atoms with E-state index in [0.717, 1.165) is 36.8 Å². The van der Waals surface area contributed by atoms with Gasteiger partial charge in [0.05, 0.1) is 12.2 Å². The molecule has 0 aliphatic heterocycles. The van der Waals surface area contributed by atoms with E-state index in [-0.39, 0.29) is 17.5 Å². The van der Waals surface area contributed by atoms with Crippen LogP contribution in [0.1, 0.15) is 56.8 Å². The summed E-state index contributed by atoms with van der Waals surface area (Å²) in [7, 11) is 0. The standard InChI is InChI=1S/C25H33N3O3/c1-25(2,3)28-24(30)31-17-19-11-9-18(10-12-19)14-27-23(29)22-13-21(15-26-16-22)20-7-5-4-6-8-20/h4-8,13,15-16,18-19H,9-12,14,17H2,1-3H3,(H,27,29)(H,28,30). The summed E-state index contributed by atoms with van der Waals surface area (Å²) in [6, 6.07) is 11.8. The molecule has 1 heterocycles. The first-order chi connectivity index (χ1) is 14.8. The molecule has 166 valence electrons. The van der Waals surface area contributed by atoms with Gasteiger partial charge in [-0.15, -0.1) is 0 Å². The molecular weight excluding hydrogens is 390 g/mol. The van der Waals surface area contributed by atoms with Crippen molar-refractivity contribution in [1.29, 1.82) is 0 Å². The van der Waals surface area contributed by atoms with Gasteiger partial charge in [0.1, 0.15) is 0 Å². The molecule has 1 aliphatic rings. The number of nitrogens with one attached hydrogen (secondary N) is 2. The fraction of sp³-hybridized carbons (Fsp3) is 0.480. The van der Waals surface area contributed by atoms with Crippen LogP contribution in [0.5, 0.6) is 0 Å². The van der Waals surface area contributed by atoms with Gasteiger partial charge in [0.25, 0.3) is 5.91 Å². The van der Waals surface area contributed by atoms with Gasteiger partial charge in [-0.2, -0.15) is 0 Å². The molecule has 3 rings (SSSR count). The Hall–Kier alpha value is -2.89. The Morgan fingerprint density at radius 2 is 1.68 bits per heavy atom. The lowest BCUT2D eigenvalue weighted by molar-refractivity contribution is 0.0915. The maximum absolute atomic E-state index is 12.6. The molecule has 1 saturated carbocycles. The monoisotopic (exact) mass is 423 g/mol. The van der Waals surface area contributed by atoms with E-state index in [2.05, 4.69) is 15.6 Å². The van der Waals surface area contributed by atoms with Crippen LogP contribution in [-0.2, 0) is 4.74 Å². The first kappa shape index (κ1) is 22.8. The van der Waals surface area contributed by atoms with Gasteiger partial charge in [-0.1, -0.05) is 30.3 Å². The van der Waals surface area contributed by atoms with Crippen LogP contribution in [0.3, 0.4) is 0 Å². The van der Waals surface area contributed by atoms with Crippen molar-refractivity contribution in [3.63, 3.8) is 0 Å². The lowest BCUT2D eigenvalue weighted by Gasteiger charge is -2.29. The number of hydrogen-bond donors (Lipinski definition) is 2. The SMILES string of the molecule is CC(C)(C)NC(=O)OCC1CCC(CNC(=O)c2cncc(-c3ccccc3)c2)CC1. The number of ether oxygens (including phenoxy) is 1. The molecule has 0 spiro atoms. The summed E-state index contributed by atoms with van der Waals surface area (Å²) in [5.74, 6) is 0.757. The highest BCUT2D eigenvalue weighted by Crippen LogP contribution is 2.28. The second-order valence-electron chi connectivity index (χ2n) is 9.40. The summed E-state index contributed by atoms with van der Waals surface area (Å²) in [5.41, 5.74) is 2.27. The Morgan fingerprint density at radius 1 is 1.00 bits per heavy atom. The van der Waals surface area contributed by atoms with Crippen molar-refractivity contribution in [3.8, 4) is 11.1 Å². The van der Waals surface area contributed by atoms with Gasteiger partial charge in [0.2, 0.25) is 0 Å². The second kappa shape index (κ2) is 10.4. The van der Waals surface area contributed by atoms with Crippen molar-refractivity contribution in [2.45, 2.75) is 52.0 Å². The number of carbonyl (C=O) groups excluding carboxylic acids is 2. The summed E-state index contributed by atoms with van der Waals surface area (Å²) >= 11 is 0. The van der Waals surface area contributed by atoms with Gasteiger partial charge in [0.15, 0.2) is 0 Å². The molecule has 0 atom stereocenters. The van der Waals surface area contributed by atoms with E-state index >= 15 is 0 Å². The minimum atomic E-state index is -0.353. The first-order valence-electron chi connectivity index (χ1n) is 11.0. The Bertz CT molecular complexity index is 869. The fourth-order valence-electron chi connectivity index (χ4n) is 3.83. The highest BCUT2D eigenvalue weighted by Gasteiger charge is 2.23. The molecule has 2 amide bonds. The predicted molar refractivity (Wildman–Crippen MR) is 122 cm³/mol. The minimum absolute atomic E-state index is 0.0883. The highest BCUT2D eigenvalue weighted by molar-refractivity contribution is 5.95. The smallest absolute Gasteiger partial charge is 0.407 e. The zero-order valence-corrected chi connectivity index (χ0v) is 18.7. The summed E-state index contributed by atoms with van der Waals surface area (Å²) in [6.07, 6.45) is 7.10. The molecule has 1 aliphatic carbocycles. The molecular formula is C25H33N3O3. The Balaban J connectivity index is 1.41. The third kappa shape index (κ3) is 7.39. The molecule has 31 heavy (non-hydrogen) atoms. The normalized spacial score (nSPS) is 18.8. The number of amides is 2. The van der Waals surface area contributed by atoms with E-state index in [1.807, 2.05) is 57.2 Å². The Morgan fingerprint density at radius 3 is 2.35 bits per heavy atom. The van der Waals surface area contributed by atoms with Crippen LogP contribution in [0.4, 0.5) is 4.79 Å². The zero-order valence-electron chi connectivity index (χ0n) is 18.7. The molecule has 0 bridgehead atoms. The van der Waals surface area contributed by atoms with Crippen LogP contribution in [0.25, 0.3) is 11.1 Å². The summed E-state index contributed by atoms with van der Waals surface area (Å²) < 4.78 is 5.37. The van der Waals surface area contributed by atoms with Crippen molar-refractivity contribution < 1.29 is 14.3 Å². The van der Waals surface area contributed by atoms with Crippen LogP contribution in [0, 0.1) is 11.8 Å². The predicted octanol–water partition coefficient (Wildman–Crippen LogP) is 4.81. The maximum Gasteiger partial charge on any atom is 0.407 e. The molecule has 1 aromatic carbocycles. The number of carbonyl (C=O) groups is 2. The molecule has 0 saturated heterocycles. The average molecular weight is 424 g/mol. The van der Waals surface area contributed by atoms with E-state index in [1.165, 1.54) is 0 Å². The van der Waals surface area contributed by atoms with Gasteiger partial charge < -0.3 is 15.4 Å². The Kier molecular flexibility index (Phi) is 7.66. The molecule has 1 aromatic heterocycles. The van der Waals surface area contributed by atoms with Crippen LogP contribution >= 0.6 is 0 Å². The van der Waals surface area contributed by atoms with Crippen molar-refractivity contribution in [3.05, 3.63) is 54.4 Å². The topological polar surface area (TPSA) is 80.3 Å². The summed E-state index contributed by atoms with van der Waals surface area (Å²) in [5, 5.41) is 5.88. The van der Waals surface area contributed by atoms with E-state index in [0.29, 0.717) is 30.6 Å². The van der Waals surface area contributed by atoms with Gasteiger partial charge in [-0.05, 0) is 69.9 Å². The quantitative estimate of drug-likeness (QED) is 0.699.